The van der Waals surface area contributed by atoms with E-state index >= 15 is 0 Å². The topological polar surface area (TPSA) is 72.2 Å². The number of benzene rings is 1. The van der Waals surface area contributed by atoms with Gasteiger partial charge >= 0.3 is 0 Å². The fourth-order valence-electron chi connectivity index (χ4n) is 1.56. The van der Waals surface area contributed by atoms with E-state index in [1.807, 2.05) is 0 Å². The summed E-state index contributed by atoms with van der Waals surface area (Å²) >= 11 is 0. The van der Waals surface area contributed by atoms with Crippen LogP contribution in [0.4, 0.5) is 5.69 Å². The molecule has 0 fully saturated rings. The van der Waals surface area contributed by atoms with Gasteiger partial charge in [0.1, 0.15) is 0 Å². The van der Waals surface area contributed by atoms with Crippen molar-refractivity contribution in [3.05, 3.63) is 29.8 Å². The summed E-state index contributed by atoms with van der Waals surface area (Å²) in [5, 5.41) is 2.71. The van der Waals surface area contributed by atoms with Gasteiger partial charge < -0.3 is 11.1 Å². The number of unbranched alkanes of at least 4 members (excludes halogenated alkanes) is 2. The van der Waals surface area contributed by atoms with E-state index in [1.54, 1.807) is 24.3 Å². The number of carbonyl (C=O) groups is 2. The predicted molar refractivity (Wildman–Crippen MR) is 67.7 cm³/mol. The van der Waals surface area contributed by atoms with Gasteiger partial charge in [0.05, 0.1) is 11.3 Å². The third-order valence-electron chi connectivity index (χ3n) is 2.47. The number of carbonyl (C=O) groups excluding carboxylic acids is 2. The van der Waals surface area contributed by atoms with Crippen molar-refractivity contribution in [3.8, 4) is 0 Å². The number of primary amides is 1. The highest BCUT2D eigenvalue weighted by atomic mass is 16.2. The van der Waals surface area contributed by atoms with Gasteiger partial charge in [-0.15, -0.1) is 0 Å². The minimum Gasteiger partial charge on any atom is -0.366 e. The molecule has 0 atom stereocenters. The molecular formula is C13H18N2O2. The van der Waals surface area contributed by atoms with E-state index in [2.05, 4.69) is 12.2 Å². The number of anilines is 1. The van der Waals surface area contributed by atoms with Crippen molar-refractivity contribution in [2.24, 2.45) is 5.73 Å². The van der Waals surface area contributed by atoms with Gasteiger partial charge in [0, 0.05) is 6.42 Å². The van der Waals surface area contributed by atoms with Crippen molar-refractivity contribution in [3.63, 3.8) is 0 Å². The van der Waals surface area contributed by atoms with E-state index in [0.29, 0.717) is 17.7 Å². The van der Waals surface area contributed by atoms with Gasteiger partial charge in [-0.05, 0) is 18.6 Å². The van der Waals surface area contributed by atoms with Gasteiger partial charge in [-0.2, -0.15) is 0 Å². The Balaban J connectivity index is 2.61. The number of hydrogen-bond acceptors (Lipinski definition) is 2. The number of para-hydroxylation sites is 1. The first-order valence-electron chi connectivity index (χ1n) is 5.83. The summed E-state index contributed by atoms with van der Waals surface area (Å²) in [6.45, 7) is 2.08. The average molecular weight is 234 g/mol. The van der Waals surface area contributed by atoms with E-state index < -0.39 is 5.91 Å². The average Bonchev–Trinajstić information content (AvgIpc) is 2.29. The molecule has 4 heteroatoms. The van der Waals surface area contributed by atoms with Crippen molar-refractivity contribution >= 4 is 17.5 Å². The fourth-order valence-corrected chi connectivity index (χ4v) is 1.56. The predicted octanol–water partition coefficient (Wildman–Crippen LogP) is 2.30. The van der Waals surface area contributed by atoms with Crippen LogP contribution in [-0.4, -0.2) is 11.8 Å². The number of amides is 2. The second-order valence-electron chi connectivity index (χ2n) is 3.92. The summed E-state index contributed by atoms with van der Waals surface area (Å²) in [7, 11) is 0. The Morgan fingerprint density at radius 2 is 1.94 bits per heavy atom. The molecule has 0 heterocycles. The highest BCUT2D eigenvalue weighted by molar-refractivity contribution is 6.02. The fraction of sp³-hybridized carbons (Fsp3) is 0.385. The molecule has 0 aliphatic rings. The van der Waals surface area contributed by atoms with Gasteiger partial charge in [0.25, 0.3) is 5.91 Å². The molecular weight excluding hydrogens is 216 g/mol. The van der Waals surface area contributed by atoms with Crippen LogP contribution in [0.5, 0.6) is 0 Å². The summed E-state index contributed by atoms with van der Waals surface area (Å²) in [6, 6.07) is 6.75. The number of rotatable bonds is 6. The molecule has 17 heavy (non-hydrogen) atoms. The Kier molecular flexibility index (Phi) is 5.20. The first-order chi connectivity index (χ1) is 8.15. The number of hydrogen-bond donors (Lipinski definition) is 2. The number of nitrogens with one attached hydrogen (secondary N) is 1. The van der Waals surface area contributed by atoms with Gasteiger partial charge in [0.15, 0.2) is 0 Å². The van der Waals surface area contributed by atoms with Crippen LogP contribution in [0.1, 0.15) is 43.0 Å². The van der Waals surface area contributed by atoms with Gasteiger partial charge in [-0.1, -0.05) is 31.9 Å². The molecule has 2 amide bonds. The second kappa shape index (κ2) is 6.68. The quantitative estimate of drug-likeness (QED) is 0.741. The zero-order chi connectivity index (χ0) is 12.7. The summed E-state index contributed by atoms with van der Waals surface area (Å²) in [5.74, 6) is -0.610. The normalized spacial score (nSPS) is 9.94. The Hall–Kier alpha value is -1.84. The van der Waals surface area contributed by atoms with Crippen LogP contribution in [0.2, 0.25) is 0 Å². The molecule has 3 N–H and O–H groups in total. The monoisotopic (exact) mass is 234 g/mol. The molecule has 4 nitrogen and oxygen atoms in total. The molecule has 0 spiro atoms. The van der Waals surface area contributed by atoms with Crippen molar-refractivity contribution in [2.45, 2.75) is 32.6 Å². The molecule has 1 rings (SSSR count). The van der Waals surface area contributed by atoms with Crippen molar-refractivity contribution in [1.82, 2.24) is 0 Å². The standard InChI is InChI=1S/C13H18N2O2/c1-2-3-4-9-12(16)15-11-8-6-5-7-10(11)13(14)17/h5-8H,2-4,9H2,1H3,(H2,14,17)(H,15,16). The Bertz CT molecular complexity index is 402. The SMILES string of the molecule is CCCCCC(=O)Nc1ccccc1C(N)=O. The maximum Gasteiger partial charge on any atom is 0.250 e. The Labute approximate surface area is 101 Å². The molecule has 0 saturated heterocycles. The molecule has 1 aromatic rings. The first kappa shape index (κ1) is 13.2. The van der Waals surface area contributed by atoms with Crippen molar-refractivity contribution in [2.75, 3.05) is 5.32 Å². The lowest BCUT2D eigenvalue weighted by Gasteiger charge is -2.08. The molecule has 1 aromatic carbocycles. The summed E-state index contributed by atoms with van der Waals surface area (Å²) in [5.41, 5.74) is 6.05. The molecule has 0 aliphatic carbocycles. The molecule has 0 radical (unpaired) electrons. The second-order valence-corrected chi connectivity index (χ2v) is 3.92. The van der Waals surface area contributed by atoms with Crippen LogP contribution in [-0.2, 0) is 4.79 Å². The first-order valence-corrected chi connectivity index (χ1v) is 5.83. The highest BCUT2D eigenvalue weighted by Crippen LogP contribution is 2.14. The van der Waals surface area contributed by atoms with Crippen LogP contribution in [0.25, 0.3) is 0 Å². The highest BCUT2D eigenvalue weighted by Gasteiger charge is 2.09. The third kappa shape index (κ3) is 4.26. The maximum absolute atomic E-state index is 11.6. The molecule has 0 unspecified atom stereocenters. The zero-order valence-corrected chi connectivity index (χ0v) is 10.0. The van der Waals surface area contributed by atoms with Gasteiger partial charge in [-0.3, -0.25) is 9.59 Å². The van der Waals surface area contributed by atoms with Gasteiger partial charge in [0.2, 0.25) is 5.91 Å². The van der Waals surface area contributed by atoms with Crippen LogP contribution in [0, 0.1) is 0 Å². The largest absolute Gasteiger partial charge is 0.366 e. The Morgan fingerprint density at radius 3 is 2.59 bits per heavy atom. The van der Waals surface area contributed by atoms with Crippen molar-refractivity contribution in [1.29, 1.82) is 0 Å². The molecule has 92 valence electrons. The van der Waals surface area contributed by atoms with Gasteiger partial charge in [-0.25, -0.2) is 0 Å². The summed E-state index contributed by atoms with van der Waals surface area (Å²) < 4.78 is 0. The van der Waals surface area contributed by atoms with E-state index in [-0.39, 0.29) is 5.91 Å². The van der Waals surface area contributed by atoms with E-state index in [0.717, 1.165) is 19.3 Å². The lowest BCUT2D eigenvalue weighted by Crippen LogP contribution is -2.17. The summed E-state index contributed by atoms with van der Waals surface area (Å²) in [6.07, 6.45) is 3.44. The third-order valence-corrected chi connectivity index (χ3v) is 2.47. The maximum atomic E-state index is 11.6. The molecule has 0 bridgehead atoms. The summed E-state index contributed by atoms with van der Waals surface area (Å²) in [4.78, 5) is 22.7. The smallest absolute Gasteiger partial charge is 0.250 e. The molecule has 0 aromatic heterocycles. The lowest BCUT2D eigenvalue weighted by atomic mass is 10.1. The minimum absolute atomic E-state index is 0.0767. The Morgan fingerprint density at radius 1 is 1.24 bits per heavy atom. The van der Waals surface area contributed by atoms with Crippen molar-refractivity contribution < 1.29 is 9.59 Å². The number of nitrogens with two attached hydrogens (primary N) is 1. The molecule has 0 aliphatic heterocycles. The molecule has 0 saturated carbocycles. The van der Waals surface area contributed by atoms with Crippen LogP contribution in [0.15, 0.2) is 24.3 Å². The van der Waals surface area contributed by atoms with Crippen LogP contribution < -0.4 is 11.1 Å². The zero-order valence-electron chi connectivity index (χ0n) is 10.0. The van der Waals surface area contributed by atoms with Crippen LogP contribution >= 0.6 is 0 Å². The van der Waals surface area contributed by atoms with E-state index in [1.165, 1.54) is 0 Å². The van der Waals surface area contributed by atoms with E-state index in [9.17, 15) is 9.59 Å². The minimum atomic E-state index is -0.533. The van der Waals surface area contributed by atoms with E-state index in [4.69, 9.17) is 5.73 Å². The lowest BCUT2D eigenvalue weighted by molar-refractivity contribution is -0.116. The van der Waals surface area contributed by atoms with Crippen LogP contribution in [0.3, 0.4) is 0 Å².